The van der Waals surface area contributed by atoms with Crippen molar-refractivity contribution in [1.29, 1.82) is 0 Å². The lowest BCUT2D eigenvalue weighted by atomic mass is 9.99. The van der Waals surface area contributed by atoms with Gasteiger partial charge in [0.05, 0.1) is 32.9 Å². The van der Waals surface area contributed by atoms with E-state index in [1.807, 2.05) is 48.5 Å². The number of carbonyl (C=O) groups is 2. The summed E-state index contributed by atoms with van der Waals surface area (Å²) in [5.41, 5.74) is 4.04. The van der Waals surface area contributed by atoms with Crippen LogP contribution in [0.3, 0.4) is 0 Å². The molecular formula is C29H35IN4O4. The highest BCUT2D eigenvalue weighted by atomic mass is 127. The minimum atomic E-state index is -0.447. The van der Waals surface area contributed by atoms with Crippen LogP contribution in [0.4, 0.5) is 16.3 Å². The van der Waals surface area contributed by atoms with Gasteiger partial charge in [-0.3, -0.25) is 10.1 Å². The first-order chi connectivity index (χ1) is 17.8. The number of benzene rings is 2. The number of aromatic nitrogens is 1. The summed E-state index contributed by atoms with van der Waals surface area (Å²) in [6.07, 6.45) is 3.44. The van der Waals surface area contributed by atoms with E-state index in [0.717, 1.165) is 47.1 Å². The molecule has 2 N–H and O–H groups in total. The number of pyridine rings is 1. The standard InChI is InChI=1S/C29H34N4O4.HI/c1-33(2)16-14-24(15-17-33)37-29(36)31-26-11-8-21(18-25(26)23-6-4-3-5-7-23)10-13-28(35)32-27-12-9-22(20-34)19-30-27;/h3-9,11-12,18-19,24H,10,13-17,20H2,1-2H3,(H,31,36)(H,30,32,35);1H. The minimum absolute atomic E-state index is 0. The number of nitrogens with one attached hydrogen (secondary N) is 2. The Labute approximate surface area is 241 Å². The van der Waals surface area contributed by atoms with Crippen LogP contribution in [-0.4, -0.2) is 54.8 Å². The van der Waals surface area contributed by atoms with Crippen LogP contribution in [0.25, 0.3) is 11.1 Å². The Morgan fingerprint density at radius 1 is 1.00 bits per heavy atom. The molecule has 2 amide bonds. The Balaban J connectivity index is 0.00000400. The molecule has 9 heteroatoms. The zero-order valence-corrected chi connectivity index (χ0v) is 24.1. The lowest BCUT2D eigenvalue weighted by molar-refractivity contribution is -0.896. The van der Waals surface area contributed by atoms with Crippen LogP contribution in [0, 0.1) is 0 Å². The van der Waals surface area contributed by atoms with Gasteiger partial charge in [0.15, 0.2) is 0 Å². The summed E-state index contributed by atoms with van der Waals surface area (Å²) in [5, 5.41) is 16.6. The average Bonchev–Trinajstić information content (AvgIpc) is 2.90. The van der Waals surface area contributed by atoms with Crippen LogP contribution < -0.4 is 15.7 Å². The number of hydrogen-bond acceptors (Lipinski definition) is 5. The molecule has 2 heterocycles. The van der Waals surface area contributed by atoms with Gasteiger partial charge in [0.25, 0.3) is 0 Å². The fraction of sp³-hybridized carbons (Fsp3) is 0.345. The van der Waals surface area contributed by atoms with Gasteiger partial charge in [0.2, 0.25) is 5.91 Å². The number of piperidine rings is 1. The van der Waals surface area contributed by atoms with E-state index in [9.17, 15) is 14.7 Å². The number of hydrogen-bond donors (Lipinski definition) is 2. The van der Waals surface area contributed by atoms with Crippen molar-refractivity contribution in [1.82, 2.24) is 4.98 Å². The van der Waals surface area contributed by atoms with Crippen molar-refractivity contribution in [2.45, 2.75) is 38.4 Å². The third kappa shape index (κ3) is 8.50. The van der Waals surface area contributed by atoms with Gasteiger partial charge < -0.3 is 19.6 Å². The number of halogens is 1. The summed E-state index contributed by atoms with van der Waals surface area (Å²) >= 11 is 0. The van der Waals surface area contributed by atoms with Crippen molar-refractivity contribution in [2.75, 3.05) is 37.8 Å². The SMILES string of the molecule is C[N+]1(C)CCC(OC(=O)Nc2ccc(CCC(=O)Nc3ccc(C[O-])cn3)cc2-c2ccccc2)CC1.I. The molecule has 3 aromatic rings. The third-order valence-electron chi connectivity index (χ3n) is 6.69. The number of carbonyl (C=O) groups excluding carboxylic acids is 2. The first-order valence-electron chi connectivity index (χ1n) is 12.6. The predicted molar refractivity (Wildman–Crippen MR) is 157 cm³/mol. The minimum Gasteiger partial charge on any atom is -0.851 e. The Morgan fingerprint density at radius 3 is 2.37 bits per heavy atom. The molecule has 4 rings (SSSR count). The normalized spacial score (nSPS) is 14.7. The molecule has 1 aliphatic heterocycles. The van der Waals surface area contributed by atoms with E-state index in [1.54, 1.807) is 12.1 Å². The maximum absolute atomic E-state index is 12.7. The second-order valence-electron chi connectivity index (χ2n) is 10.1. The molecule has 2 aromatic carbocycles. The number of likely N-dealkylation sites (tertiary alicyclic amines) is 1. The fourth-order valence-electron chi connectivity index (χ4n) is 4.41. The fourth-order valence-corrected chi connectivity index (χ4v) is 4.41. The highest BCUT2D eigenvalue weighted by Crippen LogP contribution is 2.30. The van der Waals surface area contributed by atoms with Crippen molar-refractivity contribution in [3.63, 3.8) is 0 Å². The topological polar surface area (TPSA) is 103 Å². The molecule has 8 nitrogen and oxygen atoms in total. The zero-order valence-electron chi connectivity index (χ0n) is 21.8. The van der Waals surface area contributed by atoms with Crippen molar-refractivity contribution >= 4 is 47.5 Å². The largest absolute Gasteiger partial charge is 0.851 e. The molecule has 0 bridgehead atoms. The Hall–Kier alpha value is -3.02. The van der Waals surface area contributed by atoms with Gasteiger partial charge >= 0.3 is 6.09 Å². The molecule has 38 heavy (non-hydrogen) atoms. The second kappa shape index (κ2) is 13.7. The third-order valence-corrected chi connectivity index (χ3v) is 6.69. The summed E-state index contributed by atoms with van der Waals surface area (Å²) in [5.74, 6) is 0.259. The van der Waals surface area contributed by atoms with Gasteiger partial charge in [-0.25, -0.2) is 9.78 Å². The van der Waals surface area contributed by atoms with Crippen LogP contribution in [0.2, 0.25) is 0 Å². The van der Waals surface area contributed by atoms with E-state index in [4.69, 9.17) is 4.74 Å². The Morgan fingerprint density at radius 2 is 1.71 bits per heavy atom. The maximum Gasteiger partial charge on any atom is 0.411 e. The van der Waals surface area contributed by atoms with Crippen molar-refractivity contribution in [3.05, 3.63) is 78.0 Å². The molecule has 0 spiro atoms. The second-order valence-corrected chi connectivity index (χ2v) is 10.1. The molecule has 1 aliphatic rings. The first-order valence-corrected chi connectivity index (χ1v) is 12.6. The van der Waals surface area contributed by atoms with Crippen LogP contribution in [0.1, 0.15) is 30.4 Å². The molecule has 0 radical (unpaired) electrons. The van der Waals surface area contributed by atoms with Gasteiger partial charge in [0.1, 0.15) is 11.9 Å². The van der Waals surface area contributed by atoms with E-state index < -0.39 is 6.09 Å². The van der Waals surface area contributed by atoms with Crippen LogP contribution in [0.5, 0.6) is 0 Å². The maximum atomic E-state index is 12.7. The molecule has 0 saturated carbocycles. The quantitative estimate of drug-likeness (QED) is 0.280. The molecule has 0 unspecified atom stereocenters. The van der Waals surface area contributed by atoms with E-state index in [1.165, 1.54) is 6.20 Å². The number of anilines is 2. The molecule has 1 aromatic heterocycles. The summed E-state index contributed by atoms with van der Waals surface area (Å²) in [6, 6.07) is 18.9. The molecule has 1 saturated heterocycles. The monoisotopic (exact) mass is 630 g/mol. The van der Waals surface area contributed by atoms with Gasteiger partial charge in [-0.15, -0.1) is 30.6 Å². The van der Waals surface area contributed by atoms with Gasteiger partial charge in [0, 0.05) is 31.0 Å². The zero-order chi connectivity index (χ0) is 26.3. The van der Waals surface area contributed by atoms with Crippen LogP contribution in [-0.2, 0) is 22.6 Å². The van der Waals surface area contributed by atoms with Crippen LogP contribution >= 0.6 is 24.0 Å². The number of aryl methyl sites for hydroxylation is 1. The lowest BCUT2D eigenvalue weighted by Crippen LogP contribution is -2.48. The molecular weight excluding hydrogens is 595 g/mol. The Bertz CT molecular complexity index is 1210. The molecule has 1 fully saturated rings. The molecule has 0 atom stereocenters. The highest BCUT2D eigenvalue weighted by molar-refractivity contribution is 14.0. The van der Waals surface area contributed by atoms with Gasteiger partial charge in [-0.2, -0.15) is 0 Å². The average molecular weight is 631 g/mol. The molecule has 0 aliphatic carbocycles. The number of rotatable bonds is 8. The number of amides is 2. The lowest BCUT2D eigenvalue weighted by Gasteiger charge is -2.36. The Kier molecular flexibility index (Phi) is 10.6. The van der Waals surface area contributed by atoms with Crippen molar-refractivity contribution in [2.24, 2.45) is 0 Å². The van der Waals surface area contributed by atoms with E-state index in [2.05, 4.69) is 29.7 Å². The summed E-state index contributed by atoms with van der Waals surface area (Å²) in [7, 11) is 4.38. The smallest absolute Gasteiger partial charge is 0.411 e. The van der Waals surface area contributed by atoms with Gasteiger partial charge in [-0.1, -0.05) is 42.5 Å². The molecule has 202 valence electrons. The van der Waals surface area contributed by atoms with Crippen molar-refractivity contribution < 1.29 is 23.9 Å². The number of quaternary nitrogens is 1. The number of ether oxygens (including phenoxy) is 1. The van der Waals surface area contributed by atoms with E-state index >= 15 is 0 Å². The van der Waals surface area contributed by atoms with Crippen LogP contribution in [0.15, 0.2) is 66.9 Å². The van der Waals surface area contributed by atoms with E-state index in [-0.39, 0.29) is 49.0 Å². The predicted octanol–water partition coefficient (Wildman–Crippen LogP) is 4.59. The van der Waals surface area contributed by atoms with Gasteiger partial charge in [-0.05, 0) is 41.3 Å². The summed E-state index contributed by atoms with van der Waals surface area (Å²) in [4.78, 5) is 29.3. The summed E-state index contributed by atoms with van der Waals surface area (Å²) < 4.78 is 6.67. The highest BCUT2D eigenvalue weighted by Gasteiger charge is 2.28. The number of nitrogens with zero attached hydrogens (tertiary/aromatic N) is 2. The van der Waals surface area contributed by atoms with Crippen molar-refractivity contribution in [3.8, 4) is 11.1 Å². The summed E-state index contributed by atoms with van der Waals surface area (Å²) in [6.45, 7) is 1.62. The first kappa shape index (κ1) is 29.5. The van der Waals surface area contributed by atoms with E-state index in [0.29, 0.717) is 23.5 Å².